The molecule has 0 spiro atoms. The molecule has 2 nitrogen and oxygen atoms in total. The van der Waals surface area contributed by atoms with Crippen molar-refractivity contribution >= 4 is 5.69 Å². The molecule has 3 heteroatoms. The molecule has 2 rings (SSSR count). The van der Waals surface area contributed by atoms with Crippen LogP contribution in [-0.2, 0) is 0 Å². The van der Waals surface area contributed by atoms with E-state index in [0.717, 1.165) is 11.6 Å². The van der Waals surface area contributed by atoms with Gasteiger partial charge in [-0.1, -0.05) is 12.8 Å². The SMILES string of the molecule is CCOc1ccc(NC(C)CC2CC2)cc1F. The number of halogens is 1. The van der Waals surface area contributed by atoms with E-state index in [1.165, 1.54) is 25.3 Å². The van der Waals surface area contributed by atoms with Crippen molar-refractivity contribution in [3.05, 3.63) is 24.0 Å². The highest BCUT2D eigenvalue weighted by molar-refractivity contribution is 5.47. The standard InChI is InChI=1S/C14H20FNO/c1-3-17-14-7-6-12(9-13(14)15)16-10(2)8-11-4-5-11/h6-7,9-11,16H,3-5,8H2,1-2H3. The molecule has 0 aliphatic heterocycles. The first-order valence-corrected chi connectivity index (χ1v) is 6.38. The van der Waals surface area contributed by atoms with Crippen molar-refractivity contribution in [3.63, 3.8) is 0 Å². The Kier molecular flexibility index (Phi) is 3.87. The molecule has 1 aliphatic rings. The van der Waals surface area contributed by atoms with E-state index in [4.69, 9.17) is 4.74 Å². The highest BCUT2D eigenvalue weighted by atomic mass is 19.1. The average Bonchev–Trinajstić information content (AvgIpc) is 3.06. The van der Waals surface area contributed by atoms with Gasteiger partial charge in [-0.3, -0.25) is 0 Å². The van der Waals surface area contributed by atoms with Crippen LogP contribution in [-0.4, -0.2) is 12.6 Å². The van der Waals surface area contributed by atoms with Crippen LogP contribution >= 0.6 is 0 Å². The number of benzene rings is 1. The van der Waals surface area contributed by atoms with Crippen LogP contribution in [0, 0.1) is 11.7 Å². The summed E-state index contributed by atoms with van der Waals surface area (Å²) in [6, 6.07) is 5.47. The number of hydrogen-bond acceptors (Lipinski definition) is 2. The molecule has 1 N–H and O–H groups in total. The number of anilines is 1. The second kappa shape index (κ2) is 5.39. The van der Waals surface area contributed by atoms with E-state index in [0.29, 0.717) is 18.4 Å². The van der Waals surface area contributed by atoms with Crippen LogP contribution in [0.5, 0.6) is 5.75 Å². The number of hydrogen-bond donors (Lipinski definition) is 1. The predicted molar refractivity (Wildman–Crippen MR) is 68.0 cm³/mol. The van der Waals surface area contributed by atoms with E-state index >= 15 is 0 Å². The van der Waals surface area contributed by atoms with Gasteiger partial charge in [-0.15, -0.1) is 0 Å². The van der Waals surface area contributed by atoms with Gasteiger partial charge >= 0.3 is 0 Å². The maximum atomic E-state index is 13.6. The molecule has 1 aromatic rings. The minimum Gasteiger partial charge on any atom is -0.491 e. The Morgan fingerprint density at radius 2 is 2.24 bits per heavy atom. The zero-order valence-electron chi connectivity index (χ0n) is 10.5. The summed E-state index contributed by atoms with van der Waals surface area (Å²) in [4.78, 5) is 0. The molecule has 1 fully saturated rings. The second-order valence-corrected chi connectivity index (χ2v) is 4.80. The molecule has 1 atom stereocenters. The number of ether oxygens (including phenoxy) is 1. The molecule has 0 amide bonds. The summed E-state index contributed by atoms with van der Waals surface area (Å²) in [5, 5.41) is 3.33. The zero-order chi connectivity index (χ0) is 12.3. The van der Waals surface area contributed by atoms with Gasteiger partial charge in [0.15, 0.2) is 11.6 Å². The van der Waals surface area contributed by atoms with Gasteiger partial charge in [0.25, 0.3) is 0 Å². The summed E-state index contributed by atoms with van der Waals surface area (Å²) >= 11 is 0. The lowest BCUT2D eigenvalue weighted by molar-refractivity contribution is 0.321. The van der Waals surface area contributed by atoms with Crippen molar-refractivity contribution in [2.45, 2.75) is 39.2 Å². The first-order valence-electron chi connectivity index (χ1n) is 6.38. The Morgan fingerprint density at radius 3 is 2.82 bits per heavy atom. The summed E-state index contributed by atoms with van der Waals surface area (Å²) < 4.78 is 18.8. The van der Waals surface area contributed by atoms with Crippen LogP contribution in [0.1, 0.15) is 33.1 Å². The lowest BCUT2D eigenvalue weighted by atomic mass is 10.1. The minimum absolute atomic E-state index is 0.296. The quantitative estimate of drug-likeness (QED) is 0.812. The average molecular weight is 237 g/mol. The monoisotopic (exact) mass is 237 g/mol. The Labute approximate surface area is 102 Å². The van der Waals surface area contributed by atoms with Gasteiger partial charge in [0.2, 0.25) is 0 Å². The third kappa shape index (κ3) is 3.62. The highest BCUT2D eigenvalue weighted by Crippen LogP contribution is 2.34. The molecule has 1 aliphatic carbocycles. The largest absolute Gasteiger partial charge is 0.491 e. The highest BCUT2D eigenvalue weighted by Gasteiger charge is 2.23. The predicted octanol–water partition coefficient (Wildman–Crippen LogP) is 3.82. The molecule has 1 saturated carbocycles. The van der Waals surface area contributed by atoms with E-state index in [9.17, 15) is 4.39 Å². The third-order valence-electron chi connectivity index (χ3n) is 3.03. The Hall–Kier alpha value is -1.25. The zero-order valence-corrected chi connectivity index (χ0v) is 10.5. The summed E-state index contributed by atoms with van der Waals surface area (Å²) in [5.41, 5.74) is 0.833. The maximum absolute atomic E-state index is 13.6. The van der Waals surface area contributed by atoms with Crippen molar-refractivity contribution < 1.29 is 9.13 Å². The summed E-state index contributed by atoms with van der Waals surface area (Å²) in [6.07, 6.45) is 3.88. The fraction of sp³-hybridized carbons (Fsp3) is 0.571. The van der Waals surface area contributed by atoms with Crippen LogP contribution in [0.15, 0.2) is 18.2 Å². The number of rotatable bonds is 6. The molecule has 0 bridgehead atoms. The summed E-state index contributed by atoms with van der Waals surface area (Å²) in [5.74, 6) is 0.911. The topological polar surface area (TPSA) is 21.3 Å². The molecule has 1 unspecified atom stereocenters. The van der Waals surface area contributed by atoms with Gasteiger partial charge in [-0.25, -0.2) is 4.39 Å². The van der Waals surface area contributed by atoms with E-state index in [2.05, 4.69) is 12.2 Å². The number of nitrogens with one attached hydrogen (secondary N) is 1. The van der Waals surface area contributed by atoms with Crippen LogP contribution in [0.3, 0.4) is 0 Å². The van der Waals surface area contributed by atoms with Crippen molar-refractivity contribution in [2.75, 3.05) is 11.9 Å². The minimum atomic E-state index is -0.296. The van der Waals surface area contributed by atoms with Gasteiger partial charge in [-0.05, 0) is 38.3 Å². The van der Waals surface area contributed by atoms with Gasteiger partial charge < -0.3 is 10.1 Å². The van der Waals surface area contributed by atoms with Crippen LogP contribution in [0.2, 0.25) is 0 Å². The first-order chi connectivity index (χ1) is 8.19. The molecule has 0 aromatic heterocycles. The lowest BCUT2D eigenvalue weighted by Crippen LogP contribution is -2.15. The van der Waals surface area contributed by atoms with Gasteiger partial charge in [0.05, 0.1) is 6.61 Å². The smallest absolute Gasteiger partial charge is 0.167 e. The van der Waals surface area contributed by atoms with E-state index in [-0.39, 0.29) is 5.82 Å². The molecule has 94 valence electrons. The van der Waals surface area contributed by atoms with Crippen molar-refractivity contribution in [1.29, 1.82) is 0 Å². The van der Waals surface area contributed by atoms with Crippen molar-refractivity contribution in [2.24, 2.45) is 5.92 Å². The normalized spacial score (nSPS) is 16.6. The van der Waals surface area contributed by atoms with E-state index in [1.807, 2.05) is 13.0 Å². The molecule has 0 heterocycles. The van der Waals surface area contributed by atoms with Crippen LogP contribution < -0.4 is 10.1 Å². The molecule has 17 heavy (non-hydrogen) atoms. The Morgan fingerprint density at radius 1 is 1.47 bits per heavy atom. The molecular weight excluding hydrogens is 217 g/mol. The Bertz CT molecular complexity index is 376. The molecule has 0 saturated heterocycles. The van der Waals surface area contributed by atoms with Gasteiger partial charge in [0, 0.05) is 17.8 Å². The fourth-order valence-corrected chi connectivity index (χ4v) is 2.06. The maximum Gasteiger partial charge on any atom is 0.167 e. The molecule has 0 radical (unpaired) electrons. The first kappa shape index (κ1) is 12.2. The van der Waals surface area contributed by atoms with Gasteiger partial charge in [0.1, 0.15) is 0 Å². The molecule has 1 aromatic carbocycles. The summed E-state index contributed by atoms with van der Waals surface area (Å²) in [7, 11) is 0. The van der Waals surface area contributed by atoms with Crippen LogP contribution in [0.25, 0.3) is 0 Å². The van der Waals surface area contributed by atoms with Crippen molar-refractivity contribution in [3.8, 4) is 5.75 Å². The second-order valence-electron chi connectivity index (χ2n) is 4.80. The molecular formula is C14H20FNO. The van der Waals surface area contributed by atoms with Crippen molar-refractivity contribution in [1.82, 2.24) is 0 Å². The fourth-order valence-electron chi connectivity index (χ4n) is 2.06. The third-order valence-corrected chi connectivity index (χ3v) is 3.03. The summed E-state index contributed by atoms with van der Waals surface area (Å²) in [6.45, 7) is 4.48. The van der Waals surface area contributed by atoms with E-state index < -0.39 is 0 Å². The van der Waals surface area contributed by atoms with E-state index in [1.54, 1.807) is 6.07 Å². The van der Waals surface area contributed by atoms with Crippen LogP contribution in [0.4, 0.5) is 10.1 Å². The lowest BCUT2D eigenvalue weighted by Gasteiger charge is -2.15. The van der Waals surface area contributed by atoms with Gasteiger partial charge in [-0.2, -0.15) is 0 Å². The Balaban J connectivity index is 1.93.